The topological polar surface area (TPSA) is 86.3 Å². The van der Waals surface area contributed by atoms with E-state index in [1.54, 1.807) is 36.4 Å². The molecular formula is C14H11ClN2O3. The van der Waals surface area contributed by atoms with Gasteiger partial charge in [-0.3, -0.25) is 4.79 Å². The number of hydrogen-bond donors (Lipinski definition) is 2. The van der Waals surface area contributed by atoms with Crippen LogP contribution in [0.4, 0.5) is 5.69 Å². The highest BCUT2D eigenvalue weighted by Gasteiger charge is 2.10. The van der Waals surface area contributed by atoms with Gasteiger partial charge in [0.15, 0.2) is 0 Å². The van der Waals surface area contributed by atoms with Crippen LogP contribution in [0.15, 0.2) is 34.7 Å². The van der Waals surface area contributed by atoms with Gasteiger partial charge in [0, 0.05) is 11.3 Å². The number of amides is 1. The van der Waals surface area contributed by atoms with Crippen LogP contribution >= 0.6 is 11.6 Å². The number of carbonyl (C=O) groups is 1. The van der Waals surface area contributed by atoms with Gasteiger partial charge in [-0.1, -0.05) is 11.6 Å². The number of benzene rings is 1. The van der Waals surface area contributed by atoms with E-state index in [1.165, 1.54) is 0 Å². The summed E-state index contributed by atoms with van der Waals surface area (Å²) < 4.78 is 5.39. The number of rotatable bonds is 4. The molecule has 0 atom stereocenters. The second kappa shape index (κ2) is 6.24. The molecule has 2 rings (SSSR count). The average Bonchev–Trinajstić information content (AvgIpc) is 2.87. The number of nitrogens with one attached hydrogen (secondary N) is 1. The fourth-order valence-corrected chi connectivity index (χ4v) is 1.95. The van der Waals surface area contributed by atoms with Crippen molar-refractivity contribution in [2.45, 2.75) is 13.0 Å². The summed E-state index contributed by atoms with van der Waals surface area (Å²) in [5.41, 5.74) is 1.16. The first-order valence-corrected chi connectivity index (χ1v) is 6.18. The lowest BCUT2D eigenvalue weighted by Crippen LogP contribution is -2.09. The highest BCUT2D eigenvalue weighted by atomic mass is 35.5. The highest BCUT2D eigenvalue weighted by Crippen LogP contribution is 2.31. The maximum atomic E-state index is 11.3. The monoisotopic (exact) mass is 290 g/mol. The summed E-state index contributed by atoms with van der Waals surface area (Å²) in [4.78, 5) is 11.3. The first kappa shape index (κ1) is 14.1. The number of carbonyl (C=O) groups excluding carboxylic acids is 1. The Balaban J connectivity index is 2.22. The maximum Gasteiger partial charge on any atom is 0.238 e. The van der Waals surface area contributed by atoms with Crippen LogP contribution in [0.2, 0.25) is 5.02 Å². The minimum absolute atomic E-state index is 0.181. The van der Waals surface area contributed by atoms with Crippen LogP contribution in [0.1, 0.15) is 12.2 Å². The number of anilines is 1. The summed E-state index contributed by atoms with van der Waals surface area (Å²) in [6.07, 6.45) is -0.211. The van der Waals surface area contributed by atoms with Gasteiger partial charge in [-0.05, 0) is 30.3 Å². The minimum atomic E-state index is -0.392. The molecule has 1 aromatic carbocycles. The molecule has 0 radical (unpaired) electrons. The number of nitriles is 1. The van der Waals surface area contributed by atoms with Gasteiger partial charge in [0.05, 0.1) is 11.1 Å². The van der Waals surface area contributed by atoms with Crippen molar-refractivity contribution in [3.8, 4) is 17.4 Å². The van der Waals surface area contributed by atoms with Gasteiger partial charge in [-0.15, -0.1) is 0 Å². The lowest BCUT2D eigenvalue weighted by Gasteiger charge is -2.06. The summed E-state index contributed by atoms with van der Waals surface area (Å²) in [5, 5.41) is 20.3. The number of hydrogen-bond acceptors (Lipinski definition) is 4. The van der Waals surface area contributed by atoms with E-state index in [2.05, 4.69) is 5.32 Å². The Labute approximate surface area is 120 Å². The first-order chi connectivity index (χ1) is 9.63. The van der Waals surface area contributed by atoms with Crippen molar-refractivity contribution in [1.29, 1.82) is 5.26 Å². The van der Waals surface area contributed by atoms with Gasteiger partial charge in [-0.2, -0.15) is 5.26 Å². The Morgan fingerprint density at radius 1 is 1.40 bits per heavy atom. The molecule has 0 saturated heterocycles. The van der Waals surface area contributed by atoms with Crippen LogP contribution in [0.5, 0.6) is 0 Å². The number of furan rings is 1. The molecule has 1 aromatic heterocycles. The lowest BCUT2D eigenvalue weighted by molar-refractivity contribution is -0.115. The van der Waals surface area contributed by atoms with Crippen molar-refractivity contribution in [2.75, 3.05) is 5.32 Å². The number of halogens is 1. The molecule has 1 heterocycles. The molecule has 0 spiro atoms. The summed E-state index contributed by atoms with van der Waals surface area (Å²) in [5.74, 6) is 0.591. The van der Waals surface area contributed by atoms with E-state index in [-0.39, 0.29) is 13.0 Å². The molecule has 2 aromatic rings. The molecule has 20 heavy (non-hydrogen) atoms. The molecule has 0 aliphatic heterocycles. The highest BCUT2D eigenvalue weighted by molar-refractivity contribution is 6.33. The maximum absolute atomic E-state index is 11.3. The van der Waals surface area contributed by atoms with Gasteiger partial charge in [0.2, 0.25) is 5.91 Å². The Morgan fingerprint density at radius 2 is 2.20 bits per heavy atom. The van der Waals surface area contributed by atoms with Gasteiger partial charge in [-0.25, -0.2) is 0 Å². The van der Waals surface area contributed by atoms with Crippen molar-refractivity contribution < 1.29 is 14.3 Å². The molecule has 0 aliphatic carbocycles. The Morgan fingerprint density at radius 3 is 2.80 bits per heavy atom. The smallest absolute Gasteiger partial charge is 0.238 e. The molecule has 5 nitrogen and oxygen atoms in total. The molecule has 0 saturated carbocycles. The Hall–Kier alpha value is -2.29. The van der Waals surface area contributed by atoms with E-state index in [9.17, 15) is 4.79 Å². The van der Waals surface area contributed by atoms with E-state index >= 15 is 0 Å². The molecule has 0 aliphatic rings. The fraction of sp³-hybridized carbons (Fsp3) is 0.143. The van der Waals surface area contributed by atoms with Crippen molar-refractivity contribution in [2.24, 2.45) is 0 Å². The zero-order valence-corrected chi connectivity index (χ0v) is 11.1. The van der Waals surface area contributed by atoms with Crippen LogP contribution in [0.3, 0.4) is 0 Å². The molecule has 0 bridgehead atoms. The van der Waals surface area contributed by atoms with Crippen LogP contribution in [0, 0.1) is 11.3 Å². The molecule has 0 unspecified atom stereocenters. The van der Waals surface area contributed by atoms with Gasteiger partial charge in [0.25, 0.3) is 0 Å². The van der Waals surface area contributed by atoms with Crippen LogP contribution in [0.25, 0.3) is 11.3 Å². The second-order valence-electron chi connectivity index (χ2n) is 4.00. The average molecular weight is 291 g/mol. The zero-order chi connectivity index (χ0) is 14.5. The van der Waals surface area contributed by atoms with Crippen LogP contribution < -0.4 is 5.32 Å². The third kappa shape index (κ3) is 3.18. The molecule has 1 amide bonds. The largest absolute Gasteiger partial charge is 0.459 e. The molecule has 0 fully saturated rings. The van der Waals surface area contributed by atoms with E-state index in [0.29, 0.717) is 27.8 Å². The van der Waals surface area contributed by atoms with Crippen molar-refractivity contribution in [3.63, 3.8) is 0 Å². The molecule has 102 valence electrons. The first-order valence-electron chi connectivity index (χ1n) is 5.80. The van der Waals surface area contributed by atoms with E-state index in [1.807, 2.05) is 0 Å². The molecule has 6 heteroatoms. The van der Waals surface area contributed by atoms with E-state index in [4.69, 9.17) is 26.4 Å². The summed E-state index contributed by atoms with van der Waals surface area (Å²) in [6.45, 7) is -0.181. The lowest BCUT2D eigenvalue weighted by atomic mass is 10.1. The van der Waals surface area contributed by atoms with Gasteiger partial charge >= 0.3 is 0 Å². The quantitative estimate of drug-likeness (QED) is 0.906. The van der Waals surface area contributed by atoms with Crippen molar-refractivity contribution >= 4 is 23.2 Å². The van der Waals surface area contributed by atoms with Crippen LogP contribution in [-0.2, 0) is 11.4 Å². The van der Waals surface area contributed by atoms with Gasteiger partial charge < -0.3 is 14.8 Å². The predicted molar refractivity (Wildman–Crippen MR) is 73.9 cm³/mol. The zero-order valence-electron chi connectivity index (χ0n) is 10.4. The summed E-state index contributed by atoms with van der Waals surface area (Å²) >= 11 is 6.14. The Kier molecular flexibility index (Phi) is 4.41. The Bertz CT molecular complexity index is 673. The fourth-order valence-electron chi connectivity index (χ4n) is 1.68. The SMILES string of the molecule is N#CCC(=O)Nc1ccc(-c2ccc(CO)o2)c(Cl)c1. The second-order valence-corrected chi connectivity index (χ2v) is 4.41. The number of aliphatic hydroxyl groups excluding tert-OH is 1. The van der Waals surface area contributed by atoms with Crippen molar-refractivity contribution in [1.82, 2.24) is 0 Å². The summed E-state index contributed by atoms with van der Waals surface area (Å²) in [6, 6.07) is 10.1. The number of nitrogens with zero attached hydrogens (tertiary/aromatic N) is 1. The molecular weight excluding hydrogens is 280 g/mol. The third-order valence-corrected chi connectivity index (χ3v) is 2.89. The van der Waals surface area contributed by atoms with Crippen molar-refractivity contribution in [3.05, 3.63) is 41.1 Å². The normalized spacial score (nSPS) is 10.1. The minimum Gasteiger partial charge on any atom is -0.459 e. The number of aliphatic hydroxyl groups is 1. The summed E-state index contributed by atoms with van der Waals surface area (Å²) in [7, 11) is 0. The predicted octanol–water partition coefficient (Wildman–Crippen LogP) is 2.94. The molecule has 2 N–H and O–H groups in total. The third-order valence-electron chi connectivity index (χ3n) is 2.58. The van der Waals surface area contributed by atoms with E-state index in [0.717, 1.165) is 0 Å². The van der Waals surface area contributed by atoms with Gasteiger partial charge in [0.1, 0.15) is 24.5 Å². The van der Waals surface area contributed by atoms with E-state index < -0.39 is 5.91 Å². The van der Waals surface area contributed by atoms with Crippen LogP contribution in [-0.4, -0.2) is 11.0 Å². The standard InChI is InChI=1S/C14H11ClN2O3/c15-12-7-9(17-14(19)5-6-16)1-3-11(12)13-4-2-10(8-18)20-13/h1-4,7,18H,5,8H2,(H,17,19).